The molecule has 1 aromatic rings. The van der Waals surface area contributed by atoms with Crippen LogP contribution in [0.2, 0.25) is 0 Å². The molecule has 4 nitrogen and oxygen atoms in total. The number of nitrogens with zero attached hydrogens (tertiary/aromatic N) is 3. The summed E-state index contributed by atoms with van der Waals surface area (Å²) in [5.41, 5.74) is 2.04. The molecule has 1 saturated heterocycles. The first-order valence-corrected chi connectivity index (χ1v) is 5.71. The van der Waals surface area contributed by atoms with E-state index in [4.69, 9.17) is 0 Å². The van der Waals surface area contributed by atoms with Crippen LogP contribution < -0.4 is 4.90 Å². The van der Waals surface area contributed by atoms with Crippen molar-refractivity contribution in [3.63, 3.8) is 0 Å². The van der Waals surface area contributed by atoms with Gasteiger partial charge in [-0.05, 0) is 20.0 Å². The van der Waals surface area contributed by atoms with E-state index < -0.39 is 0 Å². The predicted molar refractivity (Wildman–Crippen MR) is 64.5 cm³/mol. The Morgan fingerprint density at radius 1 is 1.50 bits per heavy atom. The number of pyridine rings is 1. The second-order valence-corrected chi connectivity index (χ2v) is 4.44. The van der Waals surface area contributed by atoms with E-state index in [1.54, 1.807) is 12.4 Å². The molecule has 0 aromatic carbocycles. The van der Waals surface area contributed by atoms with Crippen LogP contribution in [-0.2, 0) is 6.61 Å². The van der Waals surface area contributed by atoms with E-state index in [0.717, 1.165) is 30.9 Å². The quantitative estimate of drug-likeness (QED) is 0.798. The summed E-state index contributed by atoms with van der Waals surface area (Å²) in [7, 11) is 2.15. The molecule has 1 aliphatic rings. The third-order valence-corrected chi connectivity index (χ3v) is 3.35. The maximum Gasteiger partial charge on any atom is 0.0717 e. The number of anilines is 1. The number of aliphatic hydroxyl groups is 1. The number of hydrogen-bond acceptors (Lipinski definition) is 4. The van der Waals surface area contributed by atoms with Crippen molar-refractivity contribution in [2.24, 2.45) is 0 Å². The van der Waals surface area contributed by atoms with Gasteiger partial charge in [0.05, 0.1) is 6.61 Å². The van der Waals surface area contributed by atoms with E-state index in [1.807, 2.05) is 6.07 Å². The first-order valence-electron chi connectivity index (χ1n) is 5.71. The van der Waals surface area contributed by atoms with E-state index in [2.05, 4.69) is 28.8 Å². The molecule has 2 heterocycles. The number of aliphatic hydroxyl groups excluding tert-OH is 1. The van der Waals surface area contributed by atoms with Gasteiger partial charge in [0.15, 0.2) is 0 Å². The molecule has 2 rings (SSSR count). The third kappa shape index (κ3) is 2.18. The van der Waals surface area contributed by atoms with Gasteiger partial charge in [-0.15, -0.1) is 0 Å². The fraction of sp³-hybridized carbons (Fsp3) is 0.583. The lowest BCUT2D eigenvalue weighted by molar-refractivity contribution is 0.233. The lowest BCUT2D eigenvalue weighted by Gasteiger charge is -2.39. The predicted octanol–water partition coefficient (Wildman–Crippen LogP) is 0.714. The molecule has 0 aliphatic carbocycles. The Kier molecular flexibility index (Phi) is 3.41. The topological polar surface area (TPSA) is 39.6 Å². The Hall–Kier alpha value is -1.13. The highest BCUT2D eigenvalue weighted by atomic mass is 16.3. The summed E-state index contributed by atoms with van der Waals surface area (Å²) >= 11 is 0. The SMILES string of the molecule is CC1CN(c2ccncc2CO)CCN1C. The Balaban J connectivity index is 2.18. The number of aromatic nitrogens is 1. The van der Waals surface area contributed by atoms with Gasteiger partial charge in [-0.2, -0.15) is 0 Å². The Labute approximate surface area is 96.5 Å². The Bertz CT molecular complexity index is 356. The Morgan fingerprint density at radius 3 is 3.00 bits per heavy atom. The molecule has 0 saturated carbocycles. The lowest BCUT2D eigenvalue weighted by Crippen LogP contribution is -2.50. The second kappa shape index (κ2) is 4.80. The van der Waals surface area contributed by atoms with Crippen molar-refractivity contribution in [3.05, 3.63) is 24.0 Å². The zero-order chi connectivity index (χ0) is 11.5. The minimum atomic E-state index is 0.0594. The van der Waals surface area contributed by atoms with Crippen LogP contribution in [0.5, 0.6) is 0 Å². The molecular formula is C12H19N3O. The van der Waals surface area contributed by atoms with Gasteiger partial charge in [-0.3, -0.25) is 4.98 Å². The van der Waals surface area contributed by atoms with Gasteiger partial charge in [0.25, 0.3) is 0 Å². The van der Waals surface area contributed by atoms with Crippen LogP contribution in [0.15, 0.2) is 18.5 Å². The number of hydrogen-bond donors (Lipinski definition) is 1. The minimum Gasteiger partial charge on any atom is -0.392 e. The van der Waals surface area contributed by atoms with Gasteiger partial charge in [0, 0.05) is 49.3 Å². The van der Waals surface area contributed by atoms with Crippen molar-refractivity contribution in [2.45, 2.75) is 19.6 Å². The molecule has 1 fully saturated rings. The van der Waals surface area contributed by atoms with Crippen molar-refractivity contribution in [3.8, 4) is 0 Å². The van der Waals surface area contributed by atoms with E-state index >= 15 is 0 Å². The maximum atomic E-state index is 9.29. The van der Waals surface area contributed by atoms with E-state index in [1.165, 1.54) is 0 Å². The highest BCUT2D eigenvalue weighted by Gasteiger charge is 2.22. The largest absolute Gasteiger partial charge is 0.392 e. The van der Waals surface area contributed by atoms with E-state index in [-0.39, 0.29) is 6.61 Å². The second-order valence-electron chi connectivity index (χ2n) is 4.44. The number of piperazine rings is 1. The highest BCUT2D eigenvalue weighted by molar-refractivity contribution is 5.52. The fourth-order valence-corrected chi connectivity index (χ4v) is 2.12. The summed E-state index contributed by atoms with van der Waals surface area (Å²) in [4.78, 5) is 8.74. The van der Waals surface area contributed by atoms with Gasteiger partial charge in [-0.25, -0.2) is 0 Å². The zero-order valence-electron chi connectivity index (χ0n) is 9.93. The molecule has 16 heavy (non-hydrogen) atoms. The van der Waals surface area contributed by atoms with Crippen LogP contribution in [0.4, 0.5) is 5.69 Å². The van der Waals surface area contributed by atoms with Crippen molar-refractivity contribution >= 4 is 5.69 Å². The van der Waals surface area contributed by atoms with Gasteiger partial charge in [0.2, 0.25) is 0 Å². The smallest absolute Gasteiger partial charge is 0.0717 e. The van der Waals surface area contributed by atoms with Gasteiger partial charge < -0.3 is 14.9 Å². The summed E-state index contributed by atoms with van der Waals surface area (Å²) in [5, 5.41) is 9.29. The van der Waals surface area contributed by atoms with Crippen LogP contribution >= 0.6 is 0 Å². The number of likely N-dealkylation sites (N-methyl/N-ethyl adjacent to an activating group) is 1. The fourth-order valence-electron chi connectivity index (χ4n) is 2.12. The van der Waals surface area contributed by atoms with Crippen LogP contribution in [0, 0.1) is 0 Å². The van der Waals surface area contributed by atoms with Gasteiger partial charge in [0.1, 0.15) is 0 Å². The minimum absolute atomic E-state index is 0.0594. The lowest BCUT2D eigenvalue weighted by atomic mass is 10.1. The molecule has 1 N–H and O–H groups in total. The molecule has 0 radical (unpaired) electrons. The molecule has 0 bridgehead atoms. The standard InChI is InChI=1S/C12H19N3O/c1-10-8-15(6-5-14(10)2)12-3-4-13-7-11(12)9-16/h3-4,7,10,16H,5-6,8-9H2,1-2H3. The molecule has 0 spiro atoms. The maximum absolute atomic E-state index is 9.29. The van der Waals surface area contributed by atoms with E-state index in [9.17, 15) is 5.11 Å². The molecule has 1 atom stereocenters. The molecular weight excluding hydrogens is 202 g/mol. The molecule has 88 valence electrons. The summed E-state index contributed by atoms with van der Waals surface area (Å²) in [6.45, 7) is 5.37. The first-order chi connectivity index (χ1) is 7.72. The molecule has 1 unspecified atom stereocenters. The van der Waals surface area contributed by atoms with Crippen molar-refractivity contribution < 1.29 is 5.11 Å². The van der Waals surface area contributed by atoms with Crippen molar-refractivity contribution in [1.29, 1.82) is 0 Å². The van der Waals surface area contributed by atoms with Gasteiger partial charge in [-0.1, -0.05) is 0 Å². The average Bonchev–Trinajstić information content (AvgIpc) is 2.32. The van der Waals surface area contributed by atoms with Crippen LogP contribution in [0.1, 0.15) is 12.5 Å². The molecule has 0 amide bonds. The monoisotopic (exact) mass is 221 g/mol. The van der Waals surface area contributed by atoms with Crippen molar-refractivity contribution in [2.75, 3.05) is 31.6 Å². The summed E-state index contributed by atoms with van der Waals surface area (Å²) in [5.74, 6) is 0. The average molecular weight is 221 g/mol. The van der Waals surface area contributed by atoms with Crippen LogP contribution in [0.25, 0.3) is 0 Å². The summed E-state index contributed by atoms with van der Waals surface area (Å²) < 4.78 is 0. The zero-order valence-corrected chi connectivity index (χ0v) is 9.93. The molecule has 1 aliphatic heterocycles. The normalized spacial score (nSPS) is 22.4. The van der Waals surface area contributed by atoms with Crippen LogP contribution in [-0.4, -0.2) is 47.7 Å². The summed E-state index contributed by atoms with van der Waals surface area (Å²) in [6, 6.07) is 2.54. The molecule has 1 aromatic heterocycles. The Morgan fingerprint density at radius 2 is 2.31 bits per heavy atom. The summed E-state index contributed by atoms with van der Waals surface area (Å²) in [6.07, 6.45) is 3.54. The molecule has 4 heteroatoms. The third-order valence-electron chi connectivity index (χ3n) is 3.35. The number of rotatable bonds is 2. The first kappa shape index (κ1) is 11.4. The van der Waals surface area contributed by atoms with Crippen LogP contribution in [0.3, 0.4) is 0 Å². The highest BCUT2D eigenvalue weighted by Crippen LogP contribution is 2.22. The van der Waals surface area contributed by atoms with E-state index in [0.29, 0.717) is 6.04 Å². The van der Waals surface area contributed by atoms with Gasteiger partial charge >= 0.3 is 0 Å². The van der Waals surface area contributed by atoms with Crippen molar-refractivity contribution in [1.82, 2.24) is 9.88 Å².